The maximum atomic E-state index is 13.2. The molecule has 10 nitrogen and oxygen atoms in total. The number of Topliss-reactive ketones (excluding diaryl/α,β-unsaturated/α-hetero) is 1. The Morgan fingerprint density at radius 1 is 1.16 bits per heavy atom. The van der Waals surface area contributed by atoms with Gasteiger partial charge in [0.2, 0.25) is 0 Å². The number of ketones is 1. The number of rotatable bonds is 7. The van der Waals surface area contributed by atoms with Gasteiger partial charge in [-0.1, -0.05) is 32.4 Å². The molecule has 188 valence electrons. The van der Waals surface area contributed by atoms with Gasteiger partial charge in [-0.15, -0.1) is 11.3 Å². The van der Waals surface area contributed by atoms with Crippen molar-refractivity contribution < 1.29 is 9.59 Å². The van der Waals surface area contributed by atoms with Crippen LogP contribution in [-0.4, -0.2) is 36.0 Å². The number of nitrogens with zero attached hydrogens (tertiary/aromatic N) is 6. The van der Waals surface area contributed by atoms with Gasteiger partial charge in [-0.3, -0.25) is 19.0 Å². The minimum absolute atomic E-state index is 0.126. The van der Waals surface area contributed by atoms with Gasteiger partial charge in [0.1, 0.15) is 29.5 Å². The van der Waals surface area contributed by atoms with Gasteiger partial charge in [0, 0.05) is 28.8 Å². The Morgan fingerprint density at radius 2 is 1.89 bits per heavy atom. The van der Waals surface area contributed by atoms with Crippen molar-refractivity contribution in [3.05, 3.63) is 79.7 Å². The van der Waals surface area contributed by atoms with Crippen LogP contribution in [0.15, 0.2) is 53.8 Å². The maximum Gasteiger partial charge on any atom is 0.269 e. The van der Waals surface area contributed by atoms with Crippen molar-refractivity contribution in [3.63, 3.8) is 0 Å². The van der Waals surface area contributed by atoms with E-state index in [1.165, 1.54) is 51.4 Å². The van der Waals surface area contributed by atoms with E-state index in [4.69, 9.17) is 11.6 Å². The summed E-state index contributed by atoms with van der Waals surface area (Å²) >= 11 is 7.45. The molecule has 0 saturated carbocycles. The summed E-state index contributed by atoms with van der Waals surface area (Å²) in [6, 6.07) is 10.1. The normalized spacial score (nSPS) is 11.2. The van der Waals surface area contributed by atoms with Crippen LogP contribution in [0.5, 0.6) is 0 Å². The van der Waals surface area contributed by atoms with E-state index < -0.39 is 16.8 Å². The monoisotopic (exact) mass is 535 g/mol. The number of thiophene rings is 1. The van der Waals surface area contributed by atoms with Crippen LogP contribution in [0.2, 0.25) is 4.34 Å². The fraction of sp³-hybridized carbons (Fsp3) is 0.240. The molecule has 37 heavy (non-hydrogen) atoms. The first-order chi connectivity index (χ1) is 17.6. The fourth-order valence-corrected chi connectivity index (χ4v) is 4.48. The van der Waals surface area contributed by atoms with Gasteiger partial charge in [-0.05, 0) is 24.3 Å². The molecule has 4 heterocycles. The zero-order valence-electron chi connectivity index (χ0n) is 20.2. The lowest BCUT2D eigenvalue weighted by molar-refractivity contribution is 0.0752. The number of pyridine rings is 1. The number of carbonyl (C=O) groups excluding carboxylic acids is 2. The predicted molar refractivity (Wildman–Crippen MR) is 140 cm³/mol. The van der Waals surface area contributed by atoms with Crippen molar-refractivity contribution in [2.24, 2.45) is 5.41 Å². The van der Waals surface area contributed by atoms with Gasteiger partial charge in [-0.2, -0.15) is 15.0 Å². The van der Waals surface area contributed by atoms with E-state index in [9.17, 15) is 19.6 Å². The van der Waals surface area contributed by atoms with Crippen LogP contribution in [0.25, 0.3) is 11.4 Å². The third kappa shape index (κ3) is 5.66. The topological polar surface area (TPSA) is 136 Å². The standard InChI is InChI=1S/C25H22ClN7O3S/c1-25(2,3)24(36)33-22(30-12-17-5-7-21(26)37-17)8-18(31-33)19-6-4-15(9-27)23(35)32(19)13-20(34)16-10-28-14-29-11-16/h4-8,10-11,14,30H,12-13H2,1-3H3. The van der Waals surface area contributed by atoms with Crippen molar-refractivity contribution >= 4 is 40.4 Å². The zero-order chi connectivity index (χ0) is 26.7. The van der Waals surface area contributed by atoms with Crippen LogP contribution in [0.1, 0.15) is 46.4 Å². The van der Waals surface area contributed by atoms with E-state index in [2.05, 4.69) is 20.4 Å². The van der Waals surface area contributed by atoms with Crippen LogP contribution < -0.4 is 10.9 Å². The van der Waals surface area contributed by atoms with E-state index in [0.717, 1.165) is 4.88 Å². The molecule has 1 N–H and O–H groups in total. The van der Waals surface area contributed by atoms with E-state index in [1.807, 2.05) is 12.1 Å². The predicted octanol–water partition coefficient (Wildman–Crippen LogP) is 4.27. The Labute approximate surface area is 221 Å². The second-order valence-corrected chi connectivity index (χ2v) is 10.9. The third-order valence-corrected chi connectivity index (χ3v) is 6.59. The highest BCUT2D eigenvalue weighted by Crippen LogP contribution is 2.27. The highest BCUT2D eigenvalue weighted by molar-refractivity contribution is 7.16. The molecule has 0 unspecified atom stereocenters. The molecular formula is C25H22ClN7O3S. The third-order valence-electron chi connectivity index (χ3n) is 5.36. The summed E-state index contributed by atoms with van der Waals surface area (Å²) in [5.41, 5.74) is -0.754. The van der Waals surface area contributed by atoms with Crippen molar-refractivity contribution in [1.29, 1.82) is 5.26 Å². The lowest BCUT2D eigenvalue weighted by atomic mass is 9.96. The fourth-order valence-electron chi connectivity index (χ4n) is 3.45. The Hall–Kier alpha value is -4.14. The molecule has 4 aromatic heterocycles. The Kier molecular flexibility index (Phi) is 7.33. The van der Waals surface area contributed by atoms with Gasteiger partial charge < -0.3 is 5.32 Å². The van der Waals surface area contributed by atoms with Gasteiger partial charge in [-0.25, -0.2) is 9.97 Å². The summed E-state index contributed by atoms with van der Waals surface area (Å²) in [4.78, 5) is 47.9. The number of halogens is 1. The molecule has 0 atom stereocenters. The number of hydrogen-bond acceptors (Lipinski definition) is 9. The Balaban J connectivity index is 1.79. The van der Waals surface area contributed by atoms with Crippen LogP contribution >= 0.6 is 22.9 Å². The number of hydrogen-bond donors (Lipinski definition) is 1. The Morgan fingerprint density at radius 3 is 2.51 bits per heavy atom. The number of nitrogens with one attached hydrogen (secondary N) is 1. The molecule has 0 aliphatic rings. The van der Waals surface area contributed by atoms with Crippen molar-refractivity contribution in [1.82, 2.24) is 24.3 Å². The lowest BCUT2D eigenvalue weighted by Gasteiger charge is -2.18. The molecule has 0 aliphatic heterocycles. The summed E-state index contributed by atoms with van der Waals surface area (Å²) < 4.78 is 3.07. The molecule has 0 amide bonds. The van der Waals surface area contributed by atoms with Crippen molar-refractivity contribution in [2.75, 3.05) is 5.32 Å². The van der Waals surface area contributed by atoms with E-state index >= 15 is 0 Å². The molecule has 0 bridgehead atoms. The first-order valence-electron chi connectivity index (χ1n) is 11.1. The van der Waals surface area contributed by atoms with Crippen LogP contribution in [0, 0.1) is 16.7 Å². The number of carbonyl (C=O) groups is 2. The van der Waals surface area contributed by atoms with Gasteiger partial charge in [0.05, 0.1) is 28.7 Å². The van der Waals surface area contributed by atoms with Crippen LogP contribution in [-0.2, 0) is 13.1 Å². The smallest absolute Gasteiger partial charge is 0.269 e. The molecular weight excluding hydrogens is 514 g/mol. The summed E-state index contributed by atoms with van der Waals surface area (Å²) in [5.74, 6) is -0.284. The van der Waals surface area contributed by atoms with Gasteiger partial charge >= 0.3 is 0 Å². The molecule has 4 rings (SSSR count). The average molecular weight is 536 g/mol. The zero-order valence-corrected chi connectivity index (χ0v) is 21.8. The Bertz CT molecular complexity index is 1580. The summed E-state index contributed by atoms with van der Waals surface area (Å²) in [6.07, 6.45) is 4.00. The first-order valence-corrected chi connectivity index (χ1v) is 12.3. The minimum atomic E-state index is -0.750. The maximum absolute atomic E-state index is 13.2. The second kappa shape index (κ2) is 10.5. The highest BCUT2D eigenvalue weighted by atomic mass is 35.5. The highest BCUT2D eigenvalue weighted by Gasteiger charge is 2.28. The number of aromatic nitrogens is 5. The van der Waals surface area contributed by atoms with Gasteiger partial charge in [0.25, 0.3) is 11.5 Å². The number of nitriles is 1. The molecule has 0 radical (unpaired) electrons. The van der Waals surface area contributed by atoms with Crippen molar-refractivity contribution in [2.45, 2.75) is 33.9 Å². The molecule has 4 aromatic rings. The van der Waals surface area contributed by atoms with E-state index in [-0.39, 0.29) is 35.0 Å². The summed E-state index contributed by atoms with van der Waals surface area (Å²) in [5, 5.41) is 17.1. The SMILES string of the molecule is CC(C)(C)C(=O)n1nc(-c2ccc(C#N)c(=O)n2CC(=O)c2cncnc2)cc1NCc1ccc(Cl)s1. The summed E-state index contributed by atoms with van der Waals surface area (Å²) in [6.45, 7) is 5.35. The molecule has 0 fully saturated rings. The number of anilines is 1. The second-order valence-electron chi connectivity index (χ2n) is 9.13. The molecule has 0 spiro atoms. The van der Waals surface area contributed by atoms with Crippen molar-refractivity contribution in [3.8, 4) is 17.5 Å². The largest absolute Gasteiger partial charge is 0.365 e. The lowest BCUT2D eigenvalue weighted by Crippen LogP contribution is -2.29. The van der Waals surface area contributed by atoms with E-state index in [0.29, 0.717) is 16.7 Å². The quantitative estimate of drug-likeness (QED) is 0.346. The molecule has 12 heteroatoms. The molecule has 0 saturated heterocycles. The molecule has 0 aromatic carbocycles. The first kappa shape index (κ1) is 25.9. The molecule has 0 aliphatic carbocycles. The summed E-state index contributed by atoms with van der Waals surface area (Å²) in [7, 11) is 0. The minimum Gasteiger partial charge on any atom is -0.365 e. The van der Waals surface area contributed by atoms with Crippen LogP contribution in [0.4, 0.5) is 5.82 Å². The van der Waals surface area contributed by atoms with Crippen LogP contribution in [0.3, 0.4) is 0 Å². The average Bonchev–Trinajstić information content (AvgIpc) is 3.49. The van der Waals surface area contributed by atoms with E-state index in [1.54, 1.807) is 32.9 Å². The van der Waals surface area contributed by atoms with Gasteiger partial charge in [0.15, 0.2) is 5.78 Å².